The molecule has 0 unspecified atom stereocenters. The van der Waals surface area contributed by atoms with Crippen LogP contribution in [0.3, 0.4) is 0 Å². The van der Waals surface area contributed by atoms with Gasteiger partial charge in [-0.15, -0.1) is 5.10 Å². The van der Waals surface area contributed by atoms with Crippen molar-refractivity contribution in [2.24, 2.45) is 0 Å². The number of aromatic nitrogens is 4. The molecule has 24 heavy (non-hydrogen) atoms. The highest BCUT2D eigenvalue weighted by Crippen LogP contribution is 2.47. The van der Waals surface area contributed by atoms with Crippen molar-refractivity contribution in [3.63, 3.8) is 0 Å². The number of benzene rings is 1. The average Bonchev–Trinajstić information content (AvgIpc) is 3.24. The lowest BCUT2D eigenvalue weighted by Crippen LogP contribution is -2.32. The molecule has 6 heteroatoms. The number of carbonyl (C=O) groups is 1. The van der Waals surface area contributed by atoms with Crippen LogP contribution in [-0.2, 0) is 5.41 Å². The Morgan fingerprint density at radius 2 is 1.92 bits per heavy atom. The Morgan fingerprint density at radius 1 is 1.12 bits per heavy atom. The van der Waals surface area contributed by atoms with Gasteiger partial charge in [-0.1, -0.05) is 17.3 Å². The van der Waals surface area contributed by atoms with Crippen molar-refractivity contribution in [2.75, 3.05) is 6.54 Å². The normalized spacial score (nSPS) is 15.0. The maximum Gasteiger partial charge on any atom is 0.253 e. The van der Waals surface area contributed by atoms with E-state index in [-0.39, 0.29) is 11.3 Å². The summed E-state index contributed by atoms with van der Waals surface area (Å²) >= 11 is 0. The molecule has 0 spiro atoms. The molecule has 1 aromatic carbocycles. The lowest BCUT2D eigenvalue weighted by atomic mass is 9.97. The standard InChI is InChI=1S/C18H17N5O/c24-17(15-3-1-2-4-16(15)23-12-11-21-22-23)20-13-18(7-8-18)14-5-9-19-10-6-14/h1-6,9-12H,7-8,13H2,(H,20,24). The second kappa shape index (κ2) is 5.88. The molecule has 1 aliphatic carbocycles. The minimum absolute atomic E-state index is 0.0563. The summed E-state index contributed by atoms with van der Waals surface area (Å²) in [5.41, 5.74) is 2.61. The third-order valence-electron chi connectivity index (χ3n) is 4.55. The van der Waals surface area contributed by atoms with E-state index in [9.17, 15) is 4.79 Å². The molecule has 120 valence electrons. The van der Waals surface area contributed by atoms with Crippen LogP contribution in [0.4, 0.5) is 0 Å². The second-order valence-electron chi connectivity index (χ2n) is 6.06. The molecule has 0 saturated heterocycles. The largest absolute Gasteiger partial charge is 0.351 e. The summed E-state index contributed by atoms with van der Waals surface area (Å²) in [7, 11) is 0. The summed E-state index contributed by atoms with van der Waals surface area (Å²) < 4.78 is 1.60. The molecule has 0 bridgehead atoms. The molecule has 6 nitrogen and oxygen atoms in total. The third kappa shape index (κ3) is 2.67. The van der Waals surface area contributed by atoms with Crippen LogP contribution in [-0.4, -0.2) is 32.4 Å². The highest BCUT2D eigenvalue weighted by molar-refractivity contribution is 5.97. The van der Waals surface area contributed by atoms with Gasteiger partial charge in [-0.25, -0.2) is 4.68 Å². The molecule has 3 aromatic rings. The number of hydrogen-bond donors (Lipinski definition) is 1. The van der Waals surface area contributed by atoms with Crippen molar-refractivity contribution < 1.29 is 4.79 Å². The van der Waals surface area contributed by atoms with Gasteiger partial charge < -0.3 is 5.32 Å². The summed E-state index contributed by atoms with van der Waals surface area (Å²) in [5, 5.41) is 10.9. The molecule has 2 aromatic heterocycles. The number of rotatable bonds is 5. The number of carbonyl (C=O) groups excluding carboxylic acids is 1. The van der Waals surface area contributed by atoms with Crippen LogP contribution in [0.1, 0.15) is 28.8 Å². The summed E-state index contributed by atoms with van der Waals surface area (Å²) in [5.74, 6) is -0.0959. The van der Waals surface area contributed by atoms with Gasteiger partial charge in [0.25, 0.3) is 5.91 Å². The van der Waals surface area contributed by atoms with E-state index >= 15 is 0 Å². The molecule has 1 amide bonds. The molecule has 1 N–H and O–H groups in total. The van der Waals surface area contributed by atoms with E-state index in [0.29, 0.717) is 12.1 Å². The highest BCUT2D eigenvalue weighted by atomic mass is 16.1. The predicted octanol–water partition coefficient (Wildman–Crippen LogP) is 2.12. The van der Waals surface area contributed by atoms with E-state index in [1.807, 2.05) is 30.3 Å². The highest BCUT2D eigenvalue weighted by Gasteiger charge is 2.44. The van der Waals surface area contributed by atoms with Crippen molar-refractivity contribution in [3.05, 3.63) is 72.3 Å². The van der Waals surface area contributed by atoms with Crippen LogP contribution in [0.25, 0.3) is 5.69 Å². The van der Waals surface area contributed by atoms with Gasteiger partial charge in [0, 0.05) is 24.4 Å². The van der Waals surface area contributed by atoms with E-state index < -0.39 is 0 Å². The maximum absolute atomic E-state index is 12.7. The fourth-order valence-electron chi connectivity index (χ4n) is 2.97. The van der Waals surface area contributed by atoms with Gasteiger partial charge in [0.1, 0.15) is 0 Å². The molecule has 1 aliphatic rings. The number of amides is 1. The molecule has 0 radical (unpaired) electrons. The lowest BCUT2D eigenvalue weighted by Gasteiger charge is -2.17. The van der Waals surface area contributed by atoms with Gasteiger partial charge >= 0.3 is 0 Å². The Hall–Kier alpha value is -3.02. The maximum atomic E-state index is 12.7. The fourth-order valence-corrected chi connectivity index (χ4v) is 2.97. The first-order chi connectivity index (χ1) is 11.8. The molecule has 2 heterocycles. The van der Waals surface area contributed by atoms with Gasteiger partial charge in [-0.2, -0.15) is 0 Å². The lowest BCUT2D eigenvalue weighted by molar-refractivity contribution is 0.0949. The third-order valence-corrected chi connectivity index (χ3v) is 4.55. The molecular weight excluding hydrogens is 302 g/mol. The Bertz CT molecular complexity index is 841. The number of nitrogens with zero attached hydrogens (tertiary/aromatic N) is 4. The van der Waals surface area contributed by atoms with Gasteiger partial charge in [-0.05, 0) is 42.7 Å². The van der Waals surface area contributed by atoms with Crippen LogP contribution in [0.2, 0.25) is 0 Å². The summed E-state index contributed by atoms with van der Waals surface area (Å²) in [6, 6.07) is 11.5. The number of para-hydroxylation sites is 1. The SMILES string of the molecule is O=C(NCC1(c2ccncc2)CC1)c1ccccc1-n1ccnn1. The summed E-state index contributed by atoms with van der Waals surface area (Å²) in [6.07, 6.45) is 9.10. The summed E-state index contributed by atoms with van der Waals surface area (Å²) in [4.78, 5) is 16.7. The quantitative estimate of drug-likeness (QED) is 0.782. The van der Waals surface area contributed by atoms with Gasteiger partial charge in [0.05, 0.1) is 23.6 Å². The monoisotopic (exact) mass is 319 g/mol. The first kappa shape index (κ1) is 14.6. The molecular formula is C18H17N5O. The molecule has 4 rings (SSSR count). The zero-order valence-electron chi connectivity index (χ0n) is 13.1. The first-order valence-corrected chi connectivity index (χ1v) is 7.93. The van der Waals surface area contributed by atoms with Crippen LogP contribution in [0.5, 0.6) is 0 Å². The van der Waals surface area contributed by atoms with Crippen LogP contribution >= 0.6 is 0 Å². The van der Waals surface area contributed by atoms with Crippen molar-refractivity contribution in [1.29, 1.82) is 0 Å². The number of nitrogens with one attached hydrogen (secondary N) is 1. The molecule has 1 fully saturated rings. The van der Waals surface area contributed by atoms with Crippen molar-refractivity contribution in [3.8, 4) is 5.69 Å². The Kier molecular flexibility index (Phi) is 3.57. The smallest absolute Gasteiger partial charge is 0.253 e. The molecule has 0 aliphatic heterocycles. The van der Waals surface area contributed by atoms with Gasteiger partial charge in [0.15, 0.2) is 0 Å². The average molecular weight is 319 g/mol. The number of hydrogen-bond acceptors (Lipinski definition) is 4. The Balaban J connectivity index is 1.52. The zero-order valence-corrected chi connectivity index (χ0v) is 13.1. The number of pyridine rings is 1. The molecule has 1 saturated carbocycles. The van der Waals surface area contributed by atoms with E-state index in [2.05, 4.69) is 20.6 Å². The van der Waals surface area contributed by atoms with Crippen molar-refractivity contribution in [1.82, 2.24) is 25.3 Å². The minimum Gasteiger partial charge on any atom is -0.351 e. The van der Waals surface area contributed by atoms with Crippen LogP contribution < -0.4 is 5.32 Å². The zero-order chi connectivity index (χ0) is 16.4. The van der Waals surface area contributed by atoms with E-state index in [1.54, 1.807) is 35.5 Å². The fraction of sp³-hybridized carbons (Fsp3) is 0.222. The van der Waals surface area contributed by atoms with E-state index in [0.717, 1.165) is 18.5 Å². The Morgan fingerprint density at radius 3 is 2.62 bits per heavy atom. The van der Waals surface area contributed by atoms with Crippen LogP contribution in [0, 0.1) is 0 Å². The van der Waals surface area contributed by atoms with E-state index in [1.165, 1.54) is 5.56 Å². The van der Waals surface area contributed by atoms with Crippen molar-refractivity contribution >= 4 is 5.91 Å². The van der Waals surface area contributed by atoms with Crippen LogP contribution in [0.15, 0.2) is 61.2 Å². The topological polar surface area (TPSA) is 72.7 Å². The second-order valence-corrected chi connectivity index (χ2v) is 6.06. The predicted molar refractivity (Wildman–Crippen MR) is 88.8 cm³/mol. The summed E-state index contributed by atoms with van der Waals surface area (Å²) in [6.45, 7) is 0.627. The van der Waals surface area contributed by atoms with Crippen molar-refractivity contribution in [2.45, 2.75) is 18.3 Å². The van der Waals surface area contributed by atoms with E-state index in [4.69, 9.17) is 0 Å². The van der Waals surface area contributed by atoms with Gasteiger partial charge in [-0.3, -0.25) is 9.78 Å². The van der Waals surface area contributed by atoms with Gasteiger partial charge in [0.2, 0.25) is 0 Å². The minimum atomic E-state index is -0.0959. The molecule has 0 atom stereocenters. The Labute approximate surface area is 139 Å². The first-order valence-electron chi connectivity index (χ1n) is 7.93.